The highest BCUT2D eigenvalue weighted by molar-refractivity contribution is 5.08. The molecule has 6 nitrogen and oxygen atoms in total. The summed E-state index contributed by atoms with van der Waals surface area (Å²) in [6.07, 6.45) is 3.75. The molecule has 0 N–H and O–H groups in total. The third kappa shape index (κ3) is 3.40. The SMILES string of the molecule is Cc1noc(CN2CCN(Cc3cccnc3)CC2)n1. The summed E-state index contributed by atoms with van der Waals surface area (Å²) in [5, 5.41) is 3.82. The van der Waals surface area contributed by atoms with Gasteiger partial charge in [-0.1, -0.05) is 11.2 Å². The molecule has 1 saturated heterocycles. The van der Waals surface area contributed by atoms with E-state index in [-0.39, 0.29) is 0 Å². The highest BCUT2D eigenvalue weighted by Crippen LogP contribution is 2.10. The van der Waals surface area contributed by atoms with Crippen LogP contribution in [0.4, 0.5) is 0 Å². The Hall–Kier alpha value is -1.79. The summed E-state index contributed by atoms with van der Waals surface area (Å²) in [5.41, 5.74) is 1.27. The van der Waals surface area contributed by atoms with Crippen LogP contribution in [-0.2, 0) is 13.1 Å². The first kappa shape index (κ1) is 13.2. The van der Waals surface area contributed by atoms with Gasteiger partial charge in [-0.05, 0) is 18.6 Å². The molecule has 2 aromatic rings. The van der Waals surface area contributed by atoms with E-state index in [1.54, 1.807) is 0 Å². The molecule has 3 heterocycles. The van der Waals surface area contributed by atoms with Crippen LogP contribution in [0.2, 0.25) is 0 Å². The minimum Gasteiger partial charge on any atom is -0.338 e. The van der Waals surface area contributed by atoms with Crippen LogP contribution in [0.5, 0.6) is 0 Å². The van der Waals surface area contributed by atoms with Crippen LogP contribution >= 0.6 is 0 Å². The van der Waals surface area contributed by atoms with Crippen LogP contribution in [0, 0.1) is 6.92 Å². The van der Waals surface area contributed by atoms with Gasteiger partial charge in [0.05, 0.1) is 6.54 Å². The topological polar surface area (TPSA) is 58.3 Å². The lowest BCUT2D eigenvalue weighted by molar-refractivity contribution is 0.112. The molecule has 0 spiro atoms. The third-order valence-electron chi connectivity index (χ3n) is 3.52. The smallest absolute Gasteiger partial charge is 0.240 e. The molecule has 3 rings (SSSR count). The molecule has 6 heteroatoms. The van der Waals surface area contributed by atoms with Gasteiger partial charge in [0.1, 0.15) is 0 Å². The van der Waals surface area contributed by atoms with E-state index < -0.39 is 0 Å². The Labute approximate surface area is 118 Å². The Morgan fingerprint density at radius 1 is 1.15 bits per heavy atom. The molecule has 0 saturated carbocycles. The predicted molar refractivity (Wildman–Crippen MR) is 73.8 cm³/mol. The summed E-state index contributed by atoms with van der Waals surface area (Å²) in [5.74, 6) is 1.42. The van der Waals surface area contributed by atoms with Crippen molar-refractivity contribution in [3.8, 4) is 0 Å². The fraction of sp³-hybridized carbons (Fsp3) is 0.500. The zero-order valence-corrected chi connectivity index (χ0v) is 11.7. The van der Waals surface area contributed by atoms with E-state index in [0.717, 1.165) is 39.3 Å². The van der Waals surface area contributed by atoms with Crippen molar-refractivity contribution in [2.24, 2.45) is 0 Å². The molecule has 106 valence electrons. The lowest BCUT2D eigenvalue weighted by Gasteiger charge is -2.33. The number of hydrogen-bond donors (Lipinski definition) is 0. The number of hydrogen-bond acceptors (Lipinski definition) is 6. The Bertz CT molecular complexity index is 534. The second-order valence-corrected chi connectivity index (χ2v) is 5.15. The van der Waals surface area contributed by atoms with Gasteiger partial charge in [0.15, 0.2) is 5.82 Å². The zero-order chi connectivity index (χ0) is 13.8. The lowest BCUT2D eigenvalue weighted by atomic mass is 10.2. The van der Waals surface area contributed by atoms with Gasteiger partial charge in [-0.2, -0.15) is 4.98 Å². The second kappa shape index (κ2) is 6.11. The van der Waals surface area contributed by atoms with Gasteiger partial charge in [-0.15, -0.1) is 0 Å². The molecule has 0 unspecified atom stereocenters. The number of piperazine rings is 1. The van der Waals surface area contributed by atoms with Crippen LogP contribution in [0.25, 0.3) is 0 Å². The van der Waals surface area contributed by atoms with E-state index in [0.29, 0.717) is 11.7 Å². The van der Waals surface area contributed by atoms with Crippen molar-refractivity contribution in [1.82, 2.24) is 24.9 Å². The molecule has 1 aliphatic heterocycles. The van der Waals surface area contributed by atoms with Gasteiger partial charge < -0.3 is 4.52 Å². The summed E-state index contributed by atoms with van der Waals surface area (Å²) >= 11 is 0. The van der Waals surface area contributed by atoms with Crippen LogP contribution in [0.15, 0.2) is 29.0 Å². The number of aromatic nitrogens is 3. The second-order valence-electron chi connectivity index (χ2n) is 5.15. The summed E-state index contributed by atoms with van der Waals surface area (Å²) < 4.78 is 5.16. The average Bonchev–Trinajstić information content (AvgIpc) is 2.88. The van der Waals surface area contributed by atoms with Gasteiger partial charge in [-0.3, -0.25) is 14.8 Å². The normalized spacial score (nSPS) is 17.4. The van der Waals surface area contributed by atoms with Crippen molar-refractivity contribution < 1.29 is 4.52 Å². The van der Waals surface area contributed by atoms with E-state index in [1.165, 1.54) is 5.56 Å². The third-order valence-corrected chi connectivity index (χ3v) is 3.52. The first-order valence-electron chi connectivity index (χ1n) is 6.92. The van der Waals surface area contributed by atoms with Gasteiger partial charge in [-0.25, -0.2) is 0 Å². The van der Waals surface area contributed by atoms with Crippen LogP contribution in [0.3, 0.4) is 0 Å². The van der Waals surface area contributed by atoms with Crippen LogP contribution in [-0.4, -0.2) is 51.1 Å². The van der Waals surface area contributed by atoms with Gasteiger partial charge in [0.2, 0.25) is 5.89 Å². The maximum absolute atomic E-state index is 5.16. The van der Waals surface area contributed by atoms with E-state index in [9.17, 15) is 0 Å². The van der Waals surface area contributed by atoms with E-state index in [1.807, 2.05) is 25.4 Å². The summed E-state index contributed by atoms with van der Waals surface area (Å²) in [7, 11) is 0. The lowest BCUT2D eigenvalue weighted by Crippen LogP contribution is -2.45. The molecule has 1 aliphatic rings. The van der Waals surface area contributed by atoms with Gasteiger partial charge in [0, 0.05) is 45.1 Å². The number of aryl methyl sites for hydroxylation is 1. The summed E-state index contributed by atoms with van der Waals surface area (Å²) in [6.45, 7) is 7.75. The van der Waals surface area contributed by atoms with Gasteiger partial charge >= 0.3 is 0 Å². The predicted octanol–water partition coefficient (Wildman–Crippen LogP) is 1.09. The van der Waals surface area contributed by atoms with Crippen molar-refractivity contribution in [2.75, 3.05) is 26.2 Å². The molecule has 0 bridgehead atoms. The molecule has 2 aromatic heterocycles. The Kier molecular flexibility index (Phi) is 4.03. The van der Waals surface area contributed by atoms with Crippen LogP contribution in [0.1, 0.15) is 17.3 Å². The van der Waals surface area contributed by atoms with Crippen molar-refractivity contribution in [3.63, 3.8) is 0 Å². The van der Waals surface area contributed by atoms with Gasteiger partial charge in [0.25, 0.3) is 0 Å². The molecule has 0 aliphatic carbocycles. The average molecular weight is 273 g/mol. The van der Waals surface area contributed by atoms with Crippen molar-refractivity contribution in [3.05, 3.63) is 41.8 Å². The summed E-state index contributed by atoms with van der Waals surface area (Å²) in [6, 6.07) is 4.12. The summed E-state index contributed by atoms with van der Waals surface area (Å²) in [4.78, 5) is 13.2. The molecule has 0 aromatic carbocycles. The number of pyridine rings is 1. The van der Waals surface area contributed by atoms with Crippen molar-refractivity contribution in [2.45, 2.75) is 20.0 Å². The zero-order valence-electron chi connectivity index (χ0n) is 11.7. The highest BCUT2D eigenvalue weighted by atomic mass is 16.5. The minimum atomic E-state index is 0.704. The fourth-order valence-corrected chi connectivity index (χ4v) is 2.45. The van der Waals surface area contributed by atoms with E-state index in [4.69, 9.17) is 4.52 Å². The highest BCUT2D eigenvalue weighted by Gasteiger charge is 2.18. The molecule has 1 fully saturated rings. The fourth-order valence-electron chi connectivity index (χ4n) is 2.45. The Balaban J connectivity index is 1.47. The first-order valence-corrected chi connectivity index (χ1v) is 6.92. The molecule has 0 radical (unpaired) electrons. The van der Waals surface area contributed by atoms with Crippen molar-refractivity contribution in [1.29, 1.82) is 0 Å². The minimum absolute atomic E-state index is 0.704. The molecule has 0 atom stereocenters. The maximum Gasteiger partial charge on any atom is 0.240 e. The number of rotatable bonds is 4. The van der Waals surface area contributed by atoms with Crippen LogP contribution < -0.4 is 0 Å². The Morgan fingerprint density at radius 3 is 2.50 bits per heavy atom. The largest absolute Gasteiger partial charge is 0.338 e. The van der Waals surface area contributed by atoms with E-state index in [2.05, 4.69) is 31.0 Å². The quantitative estimate of drug-likeness (QED) is 0.831. The Morgan fingerprint density at radius 2 is 1.90 bits per heavy atom. The monoisotopic (exact) mass is 273 g/mol. The molecular weight excluding hydrogens is 254 g/mol. The number of nitrogens with zero attached hydrogens (tertiary/aromatic N) is 5. The first-order chi connectivity index (χ1) is 9.79. The molecular formula is C14H19N5O. The standard InChI is InChI=1S/C14H19N5O/c1-12-16-14(20-17-12)11-19-7-5-18(6-8-19)10-13-3-2-4-15-9-13/h2-4,9H,5-8,10-11H2,1H3. The van der Waals surface area contributed by atoms with E-state index >= 15 is 0 Å². The van der Waals surface area contributed by atoms with Crippen molar-refractivity contribution >= 4 is 0 Å². The maximum atomic E-state index is 5.16. The molecule has 0 amide bonds. The molecule has 20 heavy (non-hydrogen) atoms.